The summed E-state index contributed by atoms with van der Waals surface area (Å²) in [6.45, 7) is 3.02. The maximum absolute atomic E-state index is 11.4. The summed E-state index contributed by atoms with van der Waals surface area (Å²) in [5.41, 5.74) is 0.461. The van der Waals surface area contributed by atoms with Crippen LogP contribution in [0.1, 0.15) is 28.6 Å². The molecule has 18 heavy (non-hydrogen) atoms. The molecule has 2 aromatic heterocycles. The molecule has 0 aliphatic carbocycles. The van der Waals surface area contributed by atoms with E-state index < -0.39 is 0 Å². The lowest BCUT2D eigenvalue weighted by molar-refractivity contribution is 0.101. The first-order valence-electron chi connectivity index (χ1n) is 5.22. The number of Topliss-reactive ketones (excluding diaryl/α,β-unsaturated/α-hetero) is 1. The normalized spacial score (nSPS) is 9.83. The highest BCUT2D eigenvalue weighted by Gasteiger charge is 2.21. The summed E-state index contributed by atoms with van der Waals surface area (Å²) >= 11 is 0. The third-order valence-electron chi connectivity index (χ3n) is 2.34. The predicted octanol–water partition coefficient (Wildman–Crippen LogP) is 2.20. The van der Waals surface area contributed by atoms with Crippen LogP contribution >= 0.6 is 0 Å². The van der Waals surface area contributed by atoms with Gasteiger partial charge < -0.3 is 4.42 Å². The molecule has 1 N–H and O–H groups in total. The van der Waals surface area contributed by atoms with Gasteiger partial charge in [0, 0.05) is 12.4 Å². The van der Waals surface area contributed by atoms with Gasteiger partial charge in [0.1, 0.15) is 17.4 Å². The molecule has 0 fully saturated rings. The van der Waals surface area contributed by atoms with Gasteiger partial charge in [-0.2, -0.15) is 5.26 Å². The summed E-state index contributed by atoms with van der Waals surface area (Å²) < 4.78 is 5.37. The highest BCUT2D eigenvalue weighted by molar-refractivity contribution is 5.99. The number of ketones is 1. The first kappa shape index (κ1) is 11.8. The second-order valence-corrected chi connectivity index (χ2v) is 3.60. The Bertz CT molecular complexity index is 626. The Morgan fingerprint density at radius 3 is 2.67 bits per heavy atom. The summed E-state index contributed by atoms with van der Waals surface area (Å²) in [6, 6.07) is 3.63. The SMILES string of the molecule is CC(=O)c1c(C)oc(Nc2ncccn2)c1C#N. The van der Waals surface area contributed by atoms with E-state index in [1.807, 2.05) is 6.07 Å². The summed E-state index contributed by atoms with van der Waals surface area (Å²) in [5, 5.41) is 11.9. The smallest absolute Gasteiger partial charge is 0.229 e. The fourth-order valence-corrected chi connectivity index (χ4v) is 1.63. The van der Waals surface area contributed by atoms with Crippen LogP contribution in [-0.4, -0.2) is 15.8 Å². The number of aromatic nitrogens is 2. The number of nitrogens with zero attached hydrogens (tertiary/aromatic N) is 3. The van der Waals surface area contributed by atoms with Gasteiger partial charge in [-0.25, -0.2) is 9.97 Å². The molecule has 0 unspecified atom stereocenters. The first-order chi connectivity index (χ1) is 8.63. The molecule has 0 saturated heterocycles. The number of hydrogen-bond donors (Lipinski definition) is 1. The van der Waals surface area contributed by atoms with E-state index in [9.17, 15) is 4.79 Å². The Morgan fingerprint density at radius 2 is 2.11 bits per heavy atom. The molecule has 0 aliphatic heterocycles. The molecular formula is C12H10N4O2. The van der Waals surface area contributed by atoms with Gasteiger partial charge in [0.25, 0.3) is 0 Å². The second kappa shape index (κ2) is 4.67. The molecule has 0 bridgehead atoms. The van der Waals surface area contributed by atoms with E-state index in [1.165, 1.54) is 6.92 Å². The lowest BCUT2D eigenvalue weighted by Crippen LogP contribution is -1.99. The zero-order chi connectivity index (χ0) is 13.1. The summed E-state index contributed by atoms with van der Waals surface area (Å²) in [4.78, 5) is 19.4. The number of anilines is 2. The summed E-state index contributed by atoms with van der Waals surface area (Å²) in [5.74, 6) is 0.677. The third kappa shape index (κ3) is 2.06. The highest BCUT2D eigenvalue weighted by atomic mass is 16.4. The number of aryl methyl sites for hydroxylation is 1. The van der Waals surface area contributed by atoms with Crippen molar-refractivity contribution in [1.82, 2.24) is 9.97 Å². The lowest BCUT2D eigenvalue weighted by Gasteiger charge is -1.99. The van der Waals surface area contributed by atoms with E-state index in [4.69, 9.17) is 9.68 Å². The fourth-order valence-electron chi connectivity index (χ4n) is 1.63. The zero-order valence-corrected chi connectivity index (χ0v) is 9.89. The molecular weight excluding hydrogens is 232 g/mol. The van der Waals surface area contributed by atoms with Crippen LogP contribution in [0.2, 0.25) is 0 Å². The van der Waals surface area contributed by atoms with Gasteiger partial charge in [-0.3, -0.25) is 10.1 Å². The number of carbonyl (C=O) groups is 1. The van der Waals surface area contributed by atoms with Crippen LogP contribution in [0.4, 0.5) is 11.8 Å². The van der Waals surface area contributed by atoms with Gasteiger partial charge in [-0.15, -0.1) is 0 Å². The number of furan rings is 1. The van der Waals surface area contributed by atoms with Crippen LogP contribution in [0, 0.1) is 18.3 Å². The van der Waals surface area contributed by atoms with E-state index >= 15 is 0 Å². The number of nitriles is 1. The molecule has 0 spiro atoms. The van der Waals surface area contributed by atoms with Crippen molar-refractivity contribution < 1.29 is 9.21 Å². The molecule has 2 aromatic rings. The second-order valence-electron chi connectivity index (χ2n) is 3.60. The van der Waals surface area contributed by atoms with Crippen LogP contribution in [0.15, 0.2) is 22.9 Å². The standard InChI is InChI=1S/C12H10N4O2/c1-7(17)10-8(2)18-11(9(10)6-13)16-12-14-4-3-5-15-12/h3-5H,1-2H3,(H,14,15,16). The highest BCUT2D eigenvalue weighted by Crippen LogP contribution is 2.28. The van der Waals surface area contributed by atoms with Crippen molar-refractivity contribution in [2.24, 2.45) is 0 Å². The van der Waals surface area contributed by atoms with E-state index in [2.05, 4.69) is 15.3 Å². The topological polar surface area (TPSA) is 91.8 Å². The van der Waals surface area contributed by atoms with Crippen LogP contribution in [-0.2, 0) is 0 Å². The molecule has 0 aromatic carbocycles. The molecule has 2 rings (SSSR count). The van der Waals surface area contributed by atoms with Crippen molar-refractivity contribution in [3.8, 4) is 6.07 Å². The Kier molecular flexibility index (Phi) is 3.06. The third-order valence-corrected chi connectivity index (χ3v) is 2.34. The van der Waals surface area contributed by atoms with Crippen molar-refractivity contribution in [3.05, 3.63) is 35.3 Å². The van der Waals surface area contributed by atoms with Crippen LogP contribution < -0.4 is 5.32 Å². The molecule has 0 atom stereocenters. The molecule has 6 nitrogen and oxygen atoms in total. The van der Waals surface area contributed by atoms with Gasteiger partial charge in [0.15, 0.2) is 5.78 Å². The van der Waals surface area contributed by atoms with Crippen molar-refractivity contribution >= 4 is 17.6 Å². The van der Waals surface area contributed by atoms with E-state index in [0.717, 1.165) is 0 Å². The summed E-state index contributed by atoms with van der Waals surface area (Å²) in [6.07, 6.45) is 3.12. The number of carbonyl (C=O) groups excluding carboxylic acids is 1. The quantitative estimate of drug-likeness (QED) is 0.829. The Balaban J connectivity index is 2.44. The first-order valence-corrected chi connectivity index (χ1v) is 5.22. The zero-order valence-electron chi connectivity index (χ0n) is 9.89. The lowest BCUT2D eigenvalue weighted by atomic mass is 10.1. The van der Waals surface area contributed by atoms with Crippen molar-refractivity contribution in [2.75, 3.05) is 5.32 Å². The summed E-state index contributed by atoms with van der Waals surface area (Å²) in [7, 11) is 0. The van der Waals surface area contributed by atoms with Crippen LogP contribution in [0.25, 0.3) is 0 Å². The van der Waals surface area contributed by atoms with Gasteiger partial charge in [-0.1, -0.05) is 0 Å². The molecule has 0 amide bonds. The average molecular weight is 242 g/mol. The largest absolute Gasteiger partial charge is 0.443 e. The molecule has 0 saturated carbocycles. The van der Waals surface area contributed by atoms with Gasteiger partial charge in [0.05, 0.1) is 5.56 Å². The van der Waals surface area contributed by atoms with E-state index in [-0.39, 0.29) is 22.8 Å². The number of rotatable bonds is 3. The Morgan fingerprint density at radius 1 is 1.44 bits per heavy atom. The van der Waals surface area contributed by atoms with Crippen molar-refractivity contribution in [3.63, 3.8) is 0 Å². The Labute approximate surface area is 103 Å². The minimum atomic E-state index is -0.213. The van der Waals surface area contributed by atoms with Gasteiger partial charge in [-0.05, 0) is 19.9 Å². The maximum Gasteiger partial charge on any atom is 0.229 e. The number of nitrogens with one attached hydrogen (secondary N) is 1. The van der Waals surface area contributed by atoms with Crippen molar-refractivity contribution in [2.45, 2.75) is 13.8 Å². The maximum atomic E-state index is 11.4. The Hall–Kier alpha value is -2.68. The molecule has 6 heteroatoms. The average Bonchev–Trinajstić information content (AvgIpc) is 2.66. The molecule has 2 heterocycles. The van der Waals surface area contributed by atoms with Crippen LogP contribution in [0.3, 0.4) is 0 Å². The fraction of sp³-hybridized carbons (Fsp3) is 0.167. The van der Waals surface area contributed by atoms with Crippen molar-refractivity contribution in [1.29, 1.82) is 5.26 Å². The molecule has 0 aliphatic rings. The van der Waals surface area contributed by atoms with Gasteiger partial charge in [0.2, 0.25) is 11.8 Å². The minimum absolute atomic E-state index is 0.174. The molecule has 90 valence electrons. The van der Waals surface area contributed by atoms with E-state index in [0.29, 0.717) is 11.7 Å². The number of hydrogen-bond acceptors (Lipinski definition) is 6. The van der Waals surface area contributed by atoms with Gasteiger partial charge >= 0.3 is 0 Å². The van der Waals surface area contributed by atoms with Crippen LogP contribution in [0.5, 0.6) is 0 Å². The minimum Gasteiger partial charge on any atom is -0.443 e. The van der Waals surface area contributed by atoms with E-state index in [1.54, 1.807) is 25.4 Å². The monoisotopic (exact) mass is 242 g/mol. The predicted molar refractivity (Wildman–Crippen MR) is 63.5 cm³/mol. The molecule has 0 radical (unpaired) electrons.